The van der Waals surface area contributed by atoms with E-state index in [2.05, 4.69) is 15.5 Å². The number of carbonyl (C=O) groups is 1. The topological polar surface area (TPSA) is 54.9 Å². The van der Waals surface area contributed by atoms with Gasteiger partial charge < -0.3 is 5.32 Å². The molecular formula is C12H12ClN3OS2. The highest BCUT2D eigenvalue weighted by atomic mass is 35.5. The number of nitrogens with one attached hydrogen (secondary N) is 1. The summed E-state index contributed by atoms with van der Waals surface area (Å²) in [5.41, 5.74) is 2.56. The molecule has 0 unspecified atom stereocenters. The van der Waals surface area contributed by atoms with Crippen LogP contribution in [0.1, 0.15) is 18.5 Å². The quantitative estimate of drug-likeness (QED) is 0.862. The van der Waals surface area contributed by atoms with E-state index in [1.165, 1.54) is 23.1 Å². The van der Waals surface area contributed by atoms with Crippen LogP contribution in [-0.4, -0.2) is 21.9 Å². The van der Waals surface area contributed by atoms with Crippen molar-refractivity contribution in [3.63, 3.8) is 0 Å². The average Bonchev–Trinajstić information content (AvgIpc) is 2.90. The highest BCUT2D eigenvalue weighted by molar-refractivity contribution is 8.01. The van der Waals surface area contributed by atoms with E-state index >= 15 is 0 Å². The van der Waals surface area contributed by atoms with Crippen LogP contribution in [0.5, 0.6) is 0 Å². The van der Waals surface area contributed by atoms with Crippen LogP contribution in [0.15, 0.2) is 34.1 Å². The molecule has 0 bridgehead atoms. The molecule has 1 N–H and O–H groups in total. The Bertz CT molecular complexity index is 548. The van der Waals surface area contributed by atoms with Gasteiger partial charge in [0.05, 0.1) is 11.8 Å². The third kappa shape index (κ3) is 4.19. The maximum absolute atomic E-state index is 11.8. The first kappa shape index (κ1) is 14.3. The lowest BCUT2D eigenvalue weighted by Gasteiger charge is -2.15. The number of amides is 1. The zero-order valence-electron chi connectivity index (χ0n) is 10.2. The summed E-state index contributed by atoms with van der Waals surface area (Å²) < 4.78 is 0.792. The molecule has 0 saturated heterocycles. The Morgan fingerprint density at radius 1 is 1.53 bits per heavy atom. The van der Waals surface area contributed by atoms with Gasteiger partial charge >= 0.3 is 0 Å². The molecule has 2 aromatic rings. The van der Waals surface area contributed by atoms with Crippen molar-refractivity contribution in [1.82, 2.24) is 15.5 Å². The summed E-state index contributed by atoms with van der Waals surface area (Å²) in [5.74, 6) is 0.275. The number of aromatic nitrogens is 2. The Labute approximate surface area is 124 Å². The first-order valence-corrected chi connectivity index (χ1v) is 7.84. The second kappa shape index (κ2) is 6.88. The summed E-state index contributed by atoms with van der Waals surface area (Å²) in [6.07, 6.45) is 0. The largest absolute Gasteiger partial charge is 0.349 e. The van der Waals surface area contributed by atoms with E-state index in [1.54, 1.807) is 5.51 Å². The normalized spacial score (nSPS) is 12.1. The number of thioether (sulfide) groups is 1. The summed E-state index contributed by atoms with van der Waals surface area (Å²) >= 11 is 8.89. The highest BCUT2D eigenvalue weighted by Crippen LogP contribution is 2.23. The van der Waals surface area contributed by atoms with Gasteiger partial charge in [0.1, 0.15) is 5.51 Å². The first-order valence-electron chi connectivity index (χ1n) is 5.59. The maximum Gasteiger partial charge on any atom is 0.230 e. The van der Waals surface area contributed by atoms with Crippen LogP contribution >= 0.6 is 34.7 Å². The number of carbonyl (C=O) groups excluding carboxylic acids is 1. The van der Waals surface area contributed by atoms with Crippen molar-refractivity contribution in [1.29, 1.82) is 0 Å². The van der Waals surface area contributed by atoms with Crippen molar-refractivity contribution < 1.29 is 4.79 Å². The van der Waals surface area contributed by atoms with Crippen LogP contribution in [0, 0.1) is 0 Å². The monoisotopic (exact) mass is 313 g/mol. The van der Waals surface area contributed by atoms with E-state index in [0.29, 0.717) is 10.8 Å². The van der Waals surface area contributed by atoms with Gasteiger partial charge in [0.15, 0.2) is 4.34 Å². The molecule has 1 amide bonds. The average molecular weight is 314 g/mol. The van der Waals surface area contributed by atoms with Gasteiger partial charge in [-0.25, -0.2) is 0 Å². The van der Waals surface area contributed by atoms with Crippen molar-refractivity contribution in [2.45, 2.75) is 17.3 Å². The van der Waals surface area contributed by atoms with E-state index in [0.717, 1.165) is 9.90 Å². The third-order valence-corrected chi connectivity index (χ3v) is 4.62. The van der Waals surface area contributed by atoms with Crippen molar-refractivity contribution in [2.24, 2.45) is 0 Å². The molecule has 1 aromatic heterocycles. The fraction of sp³-hybridized carbons (Fsp3) is 0.250. The second-order valence-electron chi connectivity index (χ2n) is 3.80. The van der Waals surface area contributed by atoms with Crippen LogP contribution < -0.4 is 5.32 Å². The fourth-order valence-corrected chi connectivity index (χ4v) is 3.14. The molecule has 4 nitrogen and oxygen atoms in total. The molecule has 0 saturated carbocycles. The van der Waals surface area contributed by atoms with Crippen molar-refractivity contribution in [2.75, 3.05) is 5.75 Å². The van der Waals surface area contributed by atoms with Crippen molar-refractivity contribution in [3.8, 4) is 0 Å². The lowest BCUT2D eigenvalue weighted by molar-refractivity contribution is -0.119. The first-order chi connectivity index (χ1) is 9.16. The van der Waals surface area contributed by atoms with Crippen molar-refractivity contribution >= 4 is 40.6 Å². The molecule has 19 heavy (non-hydrogen) atoms. The van der Waals surface area contributed by atoms with E-state index in [1.807, 2.05) is 31.2 Å². The Morgan fingerprint density at radius 2 is 2.32 bits per heavy atom. The van der Waals surface area contributed by atoms with E-state index < -0.39 is 0 Å². The number of benzene rings is 1. The minimum Gasteiger partial charge on any atom is -0.349 e. The summed E-state index contributed by atoms with van der Waals surface area (Å²) in [5, 5.41) is 11.2. The molecule has 0 aliphatic heterocycles. The molecule has 0 fully saturated rings. The molecule has 0 radical (unpaired) electrons. The lowest BCUT2D eigenvalue weighted by Crippen LogP contribution is -2.28. The van der Waals surface area contributed by atoms with Crippen LogP contribution in [0.4, 0.5) is 0 Å². The van der Waals surface area contributed by atoms with Gasteiger partial charge in [0.25, 0.3) is 0 Å². The second-order valence-corrected chi connectivity index (χ2v) is 6.27. The summed E-state index contributed by atoms with van der Waals surface area (Å²) in [7, 11) is 0. The van der Waals surface area contributed by atoms with Crippen molar-refractivity contribution in [3.05, 3.63) is 40.4 Å². The van der Waals surface area contributed by atoms with Crippen LogP contribution in [0.2, 0.25) is 5.02 Å². The van der Waals surface area contributed by atoms with Gasteiger partial charge in [-0.2, -0.15) is 0 Å². The maximum atomic E-state index is 11.8. The van der Waals surface area contributed by atoms with Gasteiger partial charge in [-0.15, -0.1) is 10.2 Å². The summed E-state index contributed by atoms with van der Waals surface area (Å²) in [6.45, 7) is 1.91. The molecule has 0 aliphatic rings. The minimum absolute atomic E-state index is 0.0485. The zero-order chi connectivity index (χ0) is 13.7. The number of hydrogen-bond donors (Lipinski definition) is 1. The Morgan fingerprint density at radius 3 is 3.00 bits per heavy atom. The number of halogens is 1. The molecule has 7 heteroatoms. The molecule has 2 rings (SSSR count). The predicted molar refractivity (Wildman–Crippen MR) is 78.6 cm³/mol. The highest BCUT2D eigenvalue weighted by Gasteiger charge is 2.12. The molecular weight excluding hydrogens is 302 g/mol. The van der Waals surface area contributed by atoms with Gasteiger partial charge in [-0.05, 0) is 18.6 Å². The molecule has 1 heterocycles. The van der Waals surface area contributed by atoms with Crippen LogP contribution in [0.25, 0.3) is 0 Å². The SMILES string of the molecule is C[C@@H](NC(=O)CSc1nncs1)c1ccccc1Cl. The zero-order valence-corrected chi connectivity index (χ0v) is 12.6. The number of hydrogen-bond acceptors (Lipinski definition) is 5. The van der Waals surface area contributed by atoms with Gasteiger partial charge in [-0.1, -0.05) is 52.9 Å². The molecule has 0 spiro atoms. The predicted octanol–water partition coefficient (Wildman–Crippen LogP) is 3.16. The minimum atomic E-state index is -0.115. The molecule has 1 aromatic carbocycles. The molecule has 1 atom stereocenters. The van der Waals surface area contributed by atoms with E-state index in [-0.39, 0.29) is 11.9 Å². The number of nitrogens with zero attached hydrogens (tertiary/aromatic N) is 2. The smallest absolute Gasteiger partial charge is 0.230 e. The van der Waals surface area contributed by atoms with E-state index in [4.69, 9.17) is 11.6 Å². The fourth-order valence-electron chi connectivity index (χ4n) is 1.54. The number of rotatable bonds is 5. The Balaban J connectivity index is 1.87. The molecule has 0 aliphatic carbocycles. The van der Waals surface area contributed by atoms with Gasteiger partial charge in [0.2, 0.25) is 5.91 Å². The Kier molecular flexibility index (Phi) is 5.18. The van der Waals surface area contributed by atoms with E-state index in [9.17, 15) is 4.79 Å². The molecule has 100 valence electrons. The Hall–Kier alpha value is -1.11. The lowest BCUT2D eigenvalue weighted by atomic mass is 10.1. The summed E-state index contributed by atoms with van der Waals surface area (Å²) in [6, 6.07) is 7.38. The standard InChI is InChI=1S/C12H12ClN3OS2/c1-8(9-4-2-3-5-10(9)13)15-11(17)6-18-12-16-14-7-19-12/h2-5,7-8H,6H2,1H3,(H,15,17)/t8-/m1/s1. The van der Waals surface area contributed by atoms with Crippen LogP contribution in [0.3, 0.4) is 0 Å². The van der Waals surface area contributed by atoms with Gasteiger partial charge in [-0.3, -0.25) is 4.79 Å². The van der Waals surface area contributed by atoms with Gasteiger partial charge in [0, 0.05) is 5.02 Å². The third-order valence-electron chi connectivity index (χ3n) is 2.42. The van der Waals surface area contributed by atoms with Crippen LogP contribution in [-0.2, 0) is 4.79 Å². The summed E-state index contributed by atoms with van der Waals surface area (Å²) in [4.78, 5) is 11.8.